The van der Waals surface area contributed by atoms with Gasteiger partial charge >= 0.3 is 0 Å². The van der Waals surface area contributed by atoms with E-state index in [2.05, 4.69) is 11.1 Å². The van der Waals surface area contributed by atoms with Gasteiger partial charge < -0.3 is 10.6 Å². The molecule has 0 saturated carbocycles. The van der Waals surface area contributed by atoms with Gasteiger partial charge in [-0.25, -0.2) is 4.98 Å². The highest BCUT2D eigenvalue weighted by Crippen LogP contribution is 2.21. The first kappa shape index (κ1) is 11.0. The van der Waals surface area contributed by atoms with E-state index in [4.69, 9.17) is 11.0 Å². The summed E-state index contributed by atoms with van der Waals surface area (Å²) in [5, 5.41) is 11.4. The molecule has 76 valence electrons. The van der Waals surface area contributed by atoms with Crippen LogP contribution in [0.15, 0.2) is 5.38 Å². The van der Waals surface area contributed by atoms with Crippen molar-refractivity contribution in [2.45, 2.75) is 25.9 Å². The number of nitrogens with zero attached hydrogens (tertiary/aromatic N) is 3. The van der Waals surface area contributed by atoms with Crippen LogP contribution < -0.4 is 10.6 Å². The van der Waals surface area contributed by atoms with Crippen LogP contribution in [-0.2, 0) is 6.54 Å². The van der Waals surface area contributed by atoms with Crippen molar-refractivity contribution >= 4 is 16.5 Å². The van der Waals surface area contributed by atoms with Crippen LogP contribution in [0.4, 0.5) is 5.13 Å². The minimum Gasteiger partial charge on any atom is -0.347 e. The lowest BCUT2D eigenvalue weighted by Crippen LogP contribution is -2.28. The topological polar surface area (TPSA) is 65.9 Å². The second kappa shape index (κ2) is 4.94. The van der Waals surface area contributed by atoms with E-state index in [1.54, 1.807) is 11.3 Å². The molecule has 0 fully saturated rings. The van der Waals surface area contributed by atoms with Crippen LogP contribution >= 0.6 is 11.3 Å². The van der Waals surface area contributed by atoms with Gasteiger partial charge in [0.25, 0.3) is 0 Å². The Labute approximate surface area is 88.0 Å². The van der Waals surface area contributed by atoms with Crippen molar-refractivity contribution in [1.29, 1.82) is 5.26 Å². The fraction of sp³-hybridized carbons (Fsp3) is 0.556. The maximum Gasteiger partial charge on any atom is 0.185 e. The summed E-state index contributed by atoms with van der Waals surface area (Å²) in [4.78, 5) is 6.35. The minimum absolute atomic E-state index is 0.191. The molecule has 14 heavy (non-hydrogen) atoms. The molecule has 1 rings (SSSR count). The number of hydrogen-bond acceptors (Lipinski definition) is 5. The predicted molar refractivity (Wildman–Crippen MR) is 58.1 cm³/mol. The molecule has 0 aliphatic rings. The first-order chi connectivity index (χ1) is 6.69. The second-order valence-electron chi connectivity index (χ2n) is 3.15. The first-order valence-corrected chi connectivity index (χ1v) is 5.31. The Hall–Kier alpha value is -1.12. The SMILES string of the molecule is CC(CC#N)N(C)c1nc(CN)cs1. The van der Waals surface area contributed by atoms with Gasteiger partial charge in [-0.2, -0.15) is 5.26 Å². The zero-order chi connectivity index (χ0) is 10.6. The summed E-state index contributed by atoms with van der Waals surface area (Å²) < 4.78 is 0. The Kier molecular flexibility index (Phi) is 3.86. The lowest BCUT2D eigenvalue weighted by Gasteiger charge is -2.21. The Morgan fingerprint density at radius 3 is 3.00 bits per heavy atom. The van der Waals surface area contributed by atoms with Crippen molar-refractivity contribution in [1.82, 2.24) is 4.98 Å². The summed E-state index contributed by atoms with van der Waals surface area (Å²) in [5.41, 5.74) is 6.38. The van der Waals surface area contributed by atoms with Crippen LogP contribution in [-0.4, -0.2) is 18.1 Å². The van der Waals surface area contributed by atoms with E-state index < -0.39 is 0 Å². The van der Waals surface area contributed by atoms with Gasteiger partial charge in [-0.15, -0.1) is 11.3 Å². The summed E-state index contributed by atoms with van der Waals surface area (Å²) in [5.74, 6) is 0. The molecular formula is C9H14N4S. The molecule has 1 atom stereocenters. The number of nitrogens with two attached hydrogens (primary N) is 1. The van der Waals surface area contributed by atoms with E-state index >= 15 is 0 Å². The summed E-state index contributed by atoms with van der Waals surface area (Å²) >= 11 is 1.56. The van der Waals surface area contributed by atoms with Gasteiger partial charge in [-0.1, -0.05) is 0 Å². The molecular weight excluding hydrogens is 196 g/mol. The van der Waals surface area contributed by atoms with Gasteiger partial charge in [0.15, 0.2) is 5.13 Å². The van der Waals surface area contributed by atoms with Crippen LogP contribution in [0.25, 0.3) is 0 Å². The van der Waals surface area contributed by atoms with E-state index in [1.807, 2.05) is 24.3 Å². The van der Waals surface area contributed by atoms with Crippen molar-refractivity contribution in [3.63, 3.8) is 0 Å². The summed E-state index contributed by atoms with van der Waals surface area (Å²) in [6, 6.07) is 2.34. The van der Waals surface area contributed by atoms with Crippen molar-refractivity contribution in [2.75, 3.05) is 11.9 Å². The third-order valence-corrected chi connectivity index (χ3v) is 3.08. The number of nitriles is 1. The Balaban J connectivity index is 2.69. The van der Waals surface area contributed by atoms with Crippen LogP contribution in [0.3, 0.4) is 0 Å². The highest BCUT2D eigenvalue weighted by atomic mass is 32.1. The zero-order valence-corrected chi connectivity index (χ0v) is 9.21. The number of thiazole rings is 1. The van der Waals surface area contributed by atoms with Crippen molar-refractivity contribution in [3.8, 4) is 6.07 Å². The second-order valence-corrected chi connectivity index (χ2v) is 3.98. The van der Waals surface area contributed by atoms with Gasteiger partial charge in [-0.05, 0) is 6.92 Å². The fourth-order valence-electron chi connectivity index (χ4n) is 1.01. The van der Waals surface area contributed by atoms with Crippen molar-refractivity contribution < 1.29 is 0 Å². The number of anilines is 1. The molecule has 0 bridgehead atoms. The summed E-state index contributed by atoms with van der Waals surface area (Å²) in [7, 11) is 1.95. The van der Waals surface area contributed by atoms with Crippen LogP contribution in [0.5, 0.6) is 0 Å². The lowest BCUT2D eigenvalue weighted by molar-refractivity contribution is 0.699. The molecule has 0 spiro atoms. The lowest BCUT2D eigenvalue weighted by atomic mass is 10.2. The normalized spacial score (nSPS) is 12.1. The smallest absolute Gasteiger partial charge is 0.185 e. The third-order valence-electron chi connectivity index (χ3n) is 2.10. The Morgan fingerprint density at radius 2 is 2.50 bits per heavy atom. The summed E-state index contributed by atoms with van der Waals surface area (Å²) in [6.07, 6.45) is 0.508. The number of rotatable bonds is 4. The Morgan fingerprint density at radius 1 is 1.79 bits per heavy atom. The maximum absolute atomic E-state index is 8.57. The first-order valence-electron chi connectivity index (χ1n) is 4.43. The van der Waals surface area contributed by atoms with Gasteiger partial charge in [0.05, 0.1) is 18.2 Å². The molecule has 1 aromatic heterocycles. The minimum atomic E-state index is 0.191. The van der Waals surface area contributed by atoms with Crippen molar-refractivity contribution in [3.05, 3.63) is 11.1 Å². The molecule has 1 unspecified atom stereocenters. The third kappa shape index (κ3) is 2.44. The zero-order valence-electron chi connectivity index (χ0n) is 8.40. The molecule has 2 N–H and O–H groups in total. The Bertz CT molecular complexity index is 328. The molecule has 1 aromatic rings. The van der Waals surface area contributed by atoms with Crippen LogP contribution in [0, 0.1) is 11.3 Å². The highest BCUT2D eigenvalue weighted by Gasteiger charge is 2.12. The van der Waals surface area contributed by atoms with E-state index in [9.17, 15) is 0 Å². The van der Waals surface area contributed by atoms with E-state index in [-0.39, 0.29) is 6.04 Å². The molecule has 5 heteroatoms. The quantitative estimate of drug-likeness (QED) is 0.814. The van der Waals surface area contributed by atoms with Crippen LogP contribution in [0.1, 0.15) is 19.0 Å². The van der Waals surface area contributed by atoms with Gasteiger partial charge in [0.2, 0.25) is 0 Å². The maximum atomic E-state index is 8.57. The van der Waals surface area contributed by atoms with Gasteiger partial charge in [0.1, 0.15) is 0 Å². The standard InChI is InChI=1S/C9H14N4S/c1-7(3-4-10)13(2)9-12-8(5-11)6-14-9/h6-7H,3,5,11H2,1-2H3. The van der Waals surface area contributed by atoms with Crippen LogP contribution in [0.2, 0.25) is 0 Å². The summed E-state index contributed by atoms with van der Waals surface area (Å²) in [6.45, 7) is 2.48. The highest BCUT2D eigenvalue weighted by molar-refractivity contribution is 7.13. The molecule has 4 nitrogen and oxygen atoms in total. The average Bonchev–Trinajstić information content (AvgIpc) is 2.65. The molecule has 0 radical (unpaired) electrons. The average molecular weight is 210 g/mol. The number of hydrogen-bond donors (Lipinski definition) is 1. The molecule has 0 aromatic carbocycles. The van der Waals surface area contributed by atoms with Crippen molar-refractivity contribution in [2.24, 2.45) is 5.73 Å². The molecule has 1 heterocycles. The van der Waals surface area contributed by atoms with E-state index in [0.29, 0.717) is 13.0 Å². The fourth-order valence-corrected chi connectivity index (χ4v) is 1.92. The molecule has 0 aliphatic heterocycles. The number of aromatic nitrogens is 1. The monoisotopic (exact) mass is 210 g/mol. The molecule has 0 amide bonds. The molecule has 0 saturated heterocycles. The molecule has 0 aliphatic carbocycles. The largest absolute Gasteiger partial charge is 0.347 e. The van der Waals surface area contributed by atoms with E-state index in [1.165, 1.54) is 0 Å². The van der Waals surface area contributed by atoms with Gasteiger partial charge in [0, 0.05) is 25.0 Å². The van der Waals surface area contributed by atoms with Gasteiger partial charge in [-0.3, -0.25) is 0 Å². The van der Waals surface area contributed by atoms with E-state index in [0.717, 1.165) is 10.8 Å². The predicted octanol–water partition coefficient (Wildman–Crippen LogP) is 1.34.